The molecule has 18 heavy (non-hydrogen) atoms. The molecule has 2 N–H and O–H groups in total. The number of hydrogen-bond acceptors (Lipinski definition) is 3. The Morgan fingerprint density at radius 2 is 2.11 bits per heavy atom. The summed E-state index contributed by atoms with van der Waals surface area (Å²) in [6.07, 6.45) is 1.91. The van der Waals surface area contributed by atoms with Crippen molar-refractivity contribution in [3.63, 3.8) is 0 Å². The van der Waals surface area contributed by atoms with Crippen molar-refractivity contribution in [3.05, 3.63) is 40.4 Å². The van der Waals surface area contributed by atoms with Crippen LogP contribution in [0, 0.1) is 6.92 Å². The van der Waals surface area contributed by atoms with Crippen molar-refractivity contribution in [1.29, 1.82) is 0 Å². The Hall–Kier alpha value is -0.840. The quantitative estimate of drug-likeness (QED) is 0.842. The molecule has 1 aromatic carbocycles. The van der Waals surface area contributed by atoms with Gasteiger partial charge in [0.1, 0.15) is 5.75 Å². The van der Waals surface area contributed by atoms with E-state index in [1.807, 2.05) is 25.1 Å². The van der Waals surface area contributed by atoms with Crippen molar-refractivity contribution < 1.29 is 5.11 Å². The normalized spacial score (nSPS) is 18.6. The summed E-state index contributed by atoms with van der Waals surface area (Å²) >= 11 is 3.49. The molecule has 1 aliphatic heterocycles. The second-order valence-corrected chi connectivity index (χ2v) is 5.54. The number of aryl methyl sites for hydroxylation is 1. The molecule has 1 aliphatic rings. The average molecular weight is 311 g/mol. The fourth-order valence-corrected chi connectivity index (χ4v) is 3.01. The number of piperazine rings is 1. The van der Waals surface area contributed by atoms with Gasteiger partial charge in [-0.1, -0.05) is 22.0 Å². The molecule has 0 radical (unpaired) electrons. The maximum absolute atomic E-state index is 10.2. The van der Waals surface area contributed by atoms with Crippen molar-refractivity contribution in [2.75, 3.05) is 26.2 Å². The number of hydrogen-bond donors (Lipinski definition) is 2. The summed E-state index contributed by atoms with van der Waals surface area (Å²) < 4.78 is 0.995. The van der Waals surface area contributed by atoms with Crippen molar-refractivity contribution >= 4 is 15.9 Å². The van der Waals surface area contributed by atoms with Crippen molar-refractivity contribution in [2.45, 2.75) is 13.0 Å². The lowest BCUT2D eigenvalue weighted by Gasteiger charge is -2.34. The van der Waals surface area contributed by atoms with E-state index >= 15 is 0 Å². The number of phenolic OH excluding ortho intramolecular Hbond substituents is 1. The van der Waals surface area contributed by atoms with Crippen LogP contribution in [0.25, 0.3) is 0 Å². The van der Waals surface area contributed by atoms with Crippen LogP contribution in [0.2, 0.25) is 0 Å². The van der Waals surface area contributed by atoms with Crippen LogP contribution in [0.15, 0.2) is 29.3 Å². The highest BCUT2D eigenvalue weighted by Gasteiger charge is 2.22. The van der Waals surface area contributed by atoms with E-state index in [0.717, 1.165) is 41.8 Å². The van der Waals surface area contributed by atoms with Crippen LogP contribution in [-0.2, 0) is 0 Å². The van der Waals surface area contributed by atoms with Crippen LogP contribution in [0.3, 0.4) is 0 Å². The van der Waals surface area contributed by atoms with Crippen LogP contribution in [-0.4, -0.2) is 36.2 Å². The van der Waals surface area contributed by atoms with Gasteiger partial charge in [-0.05, 0) is 24.6 Å². The summed E-state index contributed by atoms with van der Waals surface area (Å²) in [4.78, 5) is 2.34. The van der Waals surface area contributed by atoms with Gasteiger partial charge >= 0.3 is 0 Å². The van der Waals surface area contributed by atoms with E-state index in [1.165, 1.54) is 0 Å². The second kappa shape index (κ2) is 5.87. The molecular formula is C14H19BrN2O. The fraction of sp³-hybridized carbons (Fsp3) is 0.429. The maximum Gasteiger partial charge on any atom is 0.123 e. The van der Waals surface area contributed by atoms with Gasteiger partial charge in [-0.15, -0.1) is 6.58 Å². The molecule has 98 valence electrons. The first-order valence-corrected chi connectivity index (χ1v) is 6.99. The lowest BCUT2D eigenvalue weighted by Crippen LogP contribution is -2.44. The molecule has 1 atom stereocenters. The minimum atomic E-state index is 0.0725. The molecule has 0 unspecified atom stereocenters. The van der Waals surface area contributed by atoms with Crippen LogP contribution >= 0.6 is 15.9 Å². The first-order chi connectivity index (χ1) is 8.63. The van der Waals surface area contributed by atoms with E-state index in [0.29, 0.717) is 5.75 Å². The summed E-state index contributed by atoms with van der Waals surface area (Å²) in [6, 6.07) is 3.98. The zero-order valence-electron chi connectivity index (χ0n) is 10.6. The smallest absolute Gasteiger partial charge is 0.123 e. The van der Waals surface area contributed by atoms with Crippen LogP contribution in [0.4, 0.5) is 0 Å². The Labute approximate surface area is 117 Å². The lowest BCUT2D eigenvalue weighted by molar-refractivity contribution is 0.201. The molecule has 0 aliphatic carbocycles. The van der Waals surface area contributed by atoms with Crippen molar-refractivity contribution in [1.82, 2.24) is 10.2 Å². The van der Waals surface area contributed by atoms with E-state index in [-0.39, 0.29) is 6.04 Å². The molecule has 0 spiro atoms. The number of rotatable bonds is 3. The summed E-state index contributed by atoms with van der Waals surface area (Å²) in [7, 11) is 0. The number of phenols is 1. The molecular weight excluding hydrogens is 292 g/mol. The topological polar surface area (TPSA) is 35.5 Å². The third-order valence-corrected chi connectivity index (χ3v) is 3.84. The molecule has 0 saturated carbocycles. The highest BCUT2D eigenvalue weighted by molar-refractivity contribution is 9.10. The second-order valence-electron chi connectivity index (χ2n) is 4.63. The highest BCUT2D eigenvalue weighted by Crippen LogP contribution is 2.34. The van der Waals surface area contributed by atoms with E-state index in [1.54, 1.807) is 0 Å². The Morgan fingerprint density at radius 3 is 2.72 bits per heavy atom. The van der Waals surface area contributed by atoms with Crippen molar-refractivity contribution in [3.8, 4) is 5.75 Å². The Balaban J connectivity index is 2.34. The van der Waals surface area contributed by atoms with Gasteiger partial charge in [-0.3, -0.25) is 4.90 Å². The Bertz CT molecular complexity index is 442. The predicted molar refractivity (Wildman–Crippen MR) is 77.9 cm³/mol. The maximum atomic E-state index is 10.2. The summed E-state index contributed by atoms with van der Waals surface area (Å²) in [5.41, 5.74) is 1.82. The zero-order chi connectivity index (χ0) is 13.1. The number of nitrogens with one attached hydrogen (secondary N) is 1. The predicted octanol–water partition coefficient (Wildman–Crippen LogP) is 2.60. The van der Waals surface area contributed by atoms with E-state index in [2.05, 4.69) is 32.7 Å². The highest BCUT2D eigenvalue weighted by atomic mass is 79.9. The minimum absolute atomic E-state index is 0.0725. The summed E-state index contributed by atoms with van der Waals surface area (Å²) in [6.45, 7) is 9.76. The number of nitrogens with zero attached hydrogens (tertiary/aromatic N) is 1. The Morgan fingerprint density at radius 1 is 1.44 bits per heavy atom. The third-order valence-electron chi connectivity index (χ3n) is 3.38. The average Bonchev–Trinajstić information content (AvgIpc) is 2.37. The standard InChI is InChI=1S/C14H19BrN2O/c1-3-13(17-6-4-16-5-7-17)12-9-11(15)8-10(2)14(12)18/h3,8-9,13,16,18H,1,4-7H2,2H3/t13-/m0/s1. The molecule has 0 aromatic heterocycles. The number of aromatic hydroxyl groups is 1. The van der Waals surface area contributed by atoms with Crippen LogP contribution in [0.1, 0.15) is 17.2 Å². The summed E-state index contributed by atoms with van der Waals surface area (Å²) in [5.74, 6) is 0.377. The van der Waals surface area contributed by atoms with Crippen molar-refractivity contribution in [2.24, 2.45) is 0 Å². The fourth-order valence-electron chi connectivity index (χ4n) is 2.42. The third kappa shape index (κ3) is 2.76. The molecule has 3 nitrogen and oxygen atoms in total. The SMILES string of the molecule is C=C[C@@H](c1cc(Br)cc(C)c1O)N1CCNCC1. The van der Waals surface area contributed by atoms with Gasteiger partial charge in [-0.25, -0.2) is 0 Å². The van der Waals surface area contributed by atoms with Crippen LogP contribution < -0.4 is 5.32 Å². The van der Waals surface area contributed by atoms with Gasteiger partial charge in [0, 0.05) is 36.2 Å². The molecule has 1 aromatic rings. The molecule has 0 bridgehead atoms. The monoisotopic (exact) mass is 310 g/mol. The van der Waals surface area contributed by atoms with E-state index < -0.39 is 0 Å². The lowest BCUT2D eigenvalue weighted by atomic mass is 10.0. The van der Waals surface area contributed by atoms with Gasteiger partial charge in [-0.2, -0.15) is 0 Å². The molecule has 1 heterocycles. The molecule has 4 heteroatoms. The van der Waals surface area contributed by atoms with Gasteiger partial charge in [0.25, 0.3) is 0 Å². The van der Waals surface area contributed by atoms with E-state index in [9.17, 15) is 5.11 Å². The minimum Gasteiger partial charge on any atom is -0.507 e. The Kier molecular flexibility index (Phi) is 4.43. The molecule has 2 rings (SSSR count). The first-order valence-electron chi connectivity index (χ1n) is 6.20. The molecule has 1 saturated heterocycles. The first kappa shape index (κ1) is 13.6. The van der Waals surface area contributed by atoms with Gasteiger partial charge in [0.2, 0.25) is 0 Å². The molecule has 0 amide bonds. The van der Waals surface area contributed by atoms with Gasteiger partial charge in [0.05, 0.1) is 6.04 Å². The number of benzene rings is 1. The zero-order valence-corrected chi connectivity index (χ0v) is 12.2. The van der Waals surface area contributed by atoms with Gasteiger partial charge < -0.3 is 10.4 Å². The molecule has 1 fully saturated rings. The summed E-state index contributed by atoms with van der Waals surface area (Å²) in [5, 5.41) is 13.6. The van der Waals surface area contributed by atoms with Crippen LogP contribution in [0.5, 0.6) is 5.75 Å². The largest absolute Gasteiger partial charge is 0.507 e. The van der Waals surface area contributed by atoms with E-state index in [4.69, 9.17) is 0 Å². The van der Waals surface area contributed by atoms with Gasteiger partial charge in [0.15, 0.2) is 0 Å². The number of halogens is 1.